The van der Waals surface area contributed by atoms with Gasteiger partial charge in [-0.1, -0.05) is 18.2 Å². The van der Waals surface area contributed by atoms with Crippen molar-refractivity contribution >= 4 is 22.7 Å². The fourth-order valence-corrected chi connectivity index (χ4v) is 3.37. The molecular weight excluding hydrogens is 262 g/mol. The van der Waals surface area contributed by atoms with Gasteiger partial charge in [0.2, 0.25) is 0 Å². The molecule has 2 heterocycles. The molecule has 0 fully saturated rings. The van der Waals surface area contributed by atoms with E-state index in [1.54, 1.807) is 29.8 Å². The van der Waals surface area contributed by atoms with E-state index < -0.39 is 0 Å². The molecule has 0 unspecified atom stereocenters. The average Bonchev–Trinajstić information content (AvgIpc) is 3.09. The molecule has 0 aliphatic heterocycles. The Labute approximate surface area is 114 Å². The molecule has 3 aromatic rings. The van der Waals surface area contributed by atoms with Crippen molar-refractivity contribution in [1.82, 2.24) is 4.98 Å². The van der Waals surface area contributed by atoms with Crippen LogP contribution in [-0.4, -0.2) is 12.1 Å². The summed E-state index contributed by atoms with van der Waals surface area (Å²) < 4.78 is 5.37. The van der Waals surface area contributed by atoms with Gasteiger partial charge in [-0.15, -0.1) is 22.7 Å². The molecule has 0 amide bonds. The number of methoxy groups -OCH3 is 1. The first-order valence-corrected chi connectivity index (χ1v) is 7.27. The fraction of sp³-hybridized carbons (Fsp3) is 0.0714. The first kappa shape index (κ1) is 11.4. The molecule has 0 saturated carbocycles. The summed E-state index contributed by atoms with van der Waals surface area (Å²) in [5.41, 5.74) is 2.09. The van der Waals surface area contributed by atoms with Gasteiger partial charge >= 0.3 is 0 Å². The van der Waals surface area contributed by atoms with E-state index >= 15 is 0 Å². The van der Waals surface area contributed by atoms with Crippen LogP contribution < -0.4 is 4.74 Å². The Balaban J connectivity index is 2.03. The van der Waals surface area contributed by atoms with Gasteiger partial charge in [0.25, 0.3) is 0 Å². The van der Waals surface area contributed by atoms with Gasteiger partial charge in [-0.3, -0.25) is 0 Å². The molecule has 0 aliphatic carbocycles. The fourth-order valence-electron chi connectivity index (χ4n) is 1.76. The van der Waals surface area contributed by atoms with Crippen LogP contribution >= 0.6 is 22.7 Å². The summed E-state index contributed by atoms with van der Waals surface area (Å²) in [5.74, 6) is 0.865. The van der Waals surface area contributed by atoms with E-state index in [-0.39, 0.29) is 0 Å². The van der Waals surface area contributed by atoms with Crippen LogP contribution in [0.4, 0.5) is 0 Å². The number of rotatable bonds is 3. The number of para-hydroxylation sites is 1. The minimum atomic E-state index is 0.865. The molecule has 4 heteroatoms. The Morgan fingerprint density at radius 1 is 1.06 bits per heavy atom. The average molecular weight is 273 g/mol. The van der Waals surface area contributed by atoms with Gasteiger partial charge in [-0.05, 0) is 23.6 Å². The molecule has 18 heavy (non-hydrogen) atoms. The Kier molecular flexibility index (Phi) is 3.13. The first-order valence-electron chi connectivity index (χ1n) is 5.51. The number of hydrogen-bond donors (Lipinski definition) is 0. The van der Waals surface area contributed by atoms with Crippen molar-refractivity contribution in [3.63, 3.8) is 0 Å². The minimum Gasteiger partial charge on any atom is -0.496 e. The van der Waals surface area contributed by atoms with Crippen LogP contribution in [-0.2, 0) is 0 Å². The predicted octanol–water partition coefficient (Wildman–Crippen LogP) is 4.55. The maximum atomic E-state index is 5.37. The number of benzene rings is 1. The Bertz CT molecular complexity index is 643. The Morgan fingerprint density at radius 3 is 2.72 bits per heavy atom. The van der Waals surface area contributed by atoms with Gasteiger partial charge in [0.1, 0.15) is 10.8 Å². The summed E-state index contributed by atoms with van der Waals surface area (Å²) >= 11 is 3.35. The third-order valence-corrected chi connectivity index (χ3v) is 4.38. The second-order valence-electron chi connectivity index (χ2n) is 3.72. The summed E-state index contributed by atoms with van der Waals surface area (Å²) in [6.45, 7) is 0. The Hall–Kier alpha value is -1.65. The second kappa shape index (κ2) is 4.92. The van der Waals surface area contributed by atoms with Crippen LogP contribution in [0.1, 0.15) is 0 Å². The Morgan fingerprint density at radius 2 is 1.94 bits per heavy atom. The number of thiophene rings is 1. The standard InChI is InChI=1S/C14H11NOS2/c1-16-12-6-3-2-5-10(12)14-15-11(9-18-14)13-7-4-8-17-13/h2-9H,1H3. The van der Waals surface area contributed by atoms with Gasteiger partial charge in [0.15, 0.2) is 0 Å². The molecule has 1 aromatic carbocycles. The van der Waals surface area contributed by atoms with Crippen LogP contribution in [0.5, 0.6) is 5.75 Å². The summed E-state index contributed by atoms with van der Waals surface area (Å²) in [4.78, 5) is 5.88. The minimum absolute atomic E-state index is 0.865. The molecule has 2 nitrogen and oxygen atoms in total. The largest absolute Gasteiger partial charge is 0.496 e. The molecule has 0 atom stereocenters. The zero-order valence-electron chi connectivity index (χ0n) is 9.79. The number of hydrogen-bond acceptors (Lipinski definition) is 4. The van der Waals surface area contributed by atoms with E-state index in [2.05, 4.69) is 21.8 Å². The maximum Gasteiger partial charge on any atom is 0.129 e. The van der Waals surface area contributed by atoms with E-state index in [1.165, 1.54) is 4.88 Å². The molecule has 0 N–H and O–H groups in total. The normalized spacial score (nSPS) is 10.5. The molecule has 0 radical (unpaired) electrons. The van der Waals surface area contributed by atoms with E-state index in [1.807, 2.05) is 30.3 Å². The lowest BCUT2D eigenvalue weighted by Crippen LogP contribution is -1.86. The van der Waals surface area contributed by atoms with Gasteiger partial charge in [0.05, 0.1) is 23.2 Å². The molecule has 2 aromatic heterocycles. The highest BCUT2D eigenvalue weighted by Crippen LogP contribution is 2.35. The highest BCUT2D eigenvalue weighted by molar-refractivity contribution is 7.15. The van der Waals surface area contributed by atoms with Crippen molar-refractivity contribution < 1.29 is 4.74 Å². The van der Waals surface area contributed by atoms with Gasteiger partial charge in [-0.2, -0.15) is 0 Å². The summed E-state index contributed by atoms with van der Waals surface area (Å²) in [5, 5.41) is 5.15. The molecule has 0 aliphatic rings. The SMILES string of the molecule is COc1ccccc1-c1nc(-c2cccs2)cs1. The molecular formula is C14H11NOS2. The van der Waals surface area contributed by atoms with Gasteiger partial charge < -0.3 is 4.74 Å². The summed E-state index contributed by atoms with van der Waals surface area (Å²) in [6.07, 6.45) is 0. The quantitative estimate of drug-likeness (QED) is 0.698. The third kappa shape index (κ3) is 2.05. The van der Waals surface area contributed by atoms with Crippen LogP contribution in [0.3, 0.4) is 0 Å². The summed E-state index contributed by atoms with van der Waals surface area (Å²) in [6, 6.07) is 12.1. The zero-order valence-corrected chi connectivity index (χ0v) is 11.4. The predicted molar refractivity (Wildman–Crippen MR) is 77.4 cm³/mol. The van der Waals surface area contributed by atoms with Crippen LogP contribution in [0, 0.1) is 0 Å². The zero-order chi connectivity index (χ0) is 12.4. The number of ether oxygens (including phenoxy) is 1. The first-order chi connectivity index (χ1) is 8.88. The van der Waals surface area contributed by atoms with Crippen LogP contribution in [0.2, 0.25) is 0 Å². The van der Waals surface area contributed by atoms with E-state index in [0.717, 1.165) is 22.0 Å². The van der Waals surface area contributed by atoms with Crippen molar-refractivity contribution in [2.75, 3.05) is 7.11 Å². The second-order valence-corrected chi connectivity index (χ2v) is 5.52. The monoisotopic (exact) mass is 273 g/mol. The van der Waals surface area contributed by atoms with Crippen molar-refractivity contribution in [1.29, 1.82) is 0 Å². The topological polar surface area (TPSA) is 22.1 Å². The summed E-state index contributed by atoms with van der Waals surface area (Å²) in [7, 11) is 1.69. The van der Waals surface area contributed by atoms with Crippen molar-refractivity contribution in [3.8, 4) is 26.9 Å². The van der Waals surface area contributed by atoms with E-state index in [4.69, 9.17) is 4.74 Å². The maximum absolute atomic E-state index is 5.37. The number of nitrogens with zero attached hydrogens (tertiary/aromatic N) is 1. The molecule has 0 bridgehead atoms. The van der Waals surface area contributed by atoms with E-state index in [9.17, 15) is 0 Å². The lowest BCUT2D eigenvalue weighted by Gasteiger charge is -2.04. The van der Waals surface area contributed by atoms with Gasteiger partial charge in [-0.25, -0.2) is 4.98 Å². The number of aromatic nitrogens is 1. The lowest BCUT2D eigenvalue weighted by atomic mass is 10.2. The lowest BCUT2D eigenvalue weighted by molar-refractivity contribution is 0.416. The van der Waals surface area contributed by atoms with Crippen molar-refractivity contribution in [3.05, 3.63) is 47.2 Å². The van der Waals surface area contributed by atoms with Crippen molar-refractivity contribution in [2.24, 2.45) is 0 Å². The molecule has 90 valence electrons. The molecule has 0 saturated heterocycles. The van der Waals surface area contributed by atoms with Crippen LogP contribution in [0.25, 0.3) is 21.1 Å². The third-order valence-electron chi connectivity index (χ3n) is 2.62. The highest BCUT2D eigenvalue weighted by atomic mass is 32.1. The molecule has 0 spiro atoms. The van der Waals surface area contributed by atoms with E-state index in [0.29, 0.717) is 0 Å². The van der Waals surface area contributed by atoms with Crippen LogP contribution in [0.15, 0.2) is 47.2 Å². The molecule has 3 rings (SSSR count). The van der Waals surface area contributed by atoms with Crippen molar-refractivity contribution in [2.45, 2.75) is 0 Å². The highest BCUT2D eigenvalue weighted by Gasteiger charge is 2.10. The smallest absolute Gasteiger partial charge is 0.129 e. The van der Waals surface area contributed by atoms with Gasteiger partial charge in [0, 0.05) is 5.38 Å². The number of thiazole rings is 1.